The van der Waals surface area contributed by atoms with Crippen LogP contribution in [-0.2, 0) is 16.1 Å². The molecule has 1 saturated heterocycles. The van der Waals surface area contributed by atoms with Crippen LogP contribution in [0, 0.1) is 12.3 Å². The monoisotopic (exact) mass is 361 g/mol. The highest BCUT2D eigenvalue weighted by atomic mass is 16.5. The highest BCUT2D eigenvalue weighted by molar-refractivity contribution is 5.84. The van der Waals surface area contributed by atoms with Crippen molar-refractivity contribution in [3.05, 3.63) is 35.4 Å². The molecule has 1 aromatic carbocycles. The van der Waals surface area contributed by atoms with E-state index < -0.39 is 5.41 Å². The lowest BCUT2D eigenvalue weighted by molar-refractivity contribution is -0.132. The largest absolute Gasteiger partial charge is 0.385 e. The van der Waals surface area contributed by atoms with Crippen molar-refractivity contribution < 1.29 is 14.3 Å². The first-order valence-electron chi connectivity index (χ1n) is 9.31. The van der Waals surface area contributed by atoms with Crippen LogP contribution in [-0.4, -0.2) is 50.2 Å². The van der Waals surface area contributed by atoms with Crippen LogP contribution < -0.4 is 10.6 Å². The van der Waals surface area contributed by atoms with E-state index in [0.29, 0.717) is 32.8 Å². The van der Waals surface area contributed by atoms with E-state index in [2.05, 4.69) is 10.6 Å². The summed E-state index contributed by atoms with van der Waals surface area (Å²) in [6.45, 7) is 6.85. The molecule has 26 heavy (non-hydrogen) atoms. The van der Waals surface area contributed by atoms with Crippen molar-refractivity contribution in [1.82, 2.24) is 15.5 Å². The number of carbonyl (C=O) groups is 2. The molecule has 0 saturated carbocycles. The molecule has 0 aliphatic carbocycles. The summed E-state index contributed by atoms with van der Waals surface area (Å²) in [7, 11) is 1.65. The van der Waals surface area contributed by atoms with Crippen LogP contribution in [0.4, 0.5) is 4.79 Å². The Morgan fingerprint density at radius 1 is 1.27 bits per heavy atom. The number of urea groups is 1. The lowest BCUT2D eigenvalue weighted by atomic mass is 9.81. The Labute approximate surface area is 156 Å². The summed E-state index contributed by atoms with van der Waals surface area (Å²) in [6, 6.07) is 7.94. The standard InChI is InChI=1S/C20H31N3O3/c1-16-8-4-5-9-17(16)14-22-18(24)20(2)10-6-12-23(15-20)19(25)21-11-7-13-26-3/h4-5,8-9H,6-7,10-15H2,1-3H3,(H,21,25)(H,22,24). The Hall–Kier alpha value is -2.08. The summed E-state index contributed by atoms with van der Waals surface area (Å²) in [5.41, 5.74) is 1.73. The maximum absolute atomic E-state index is 12.8. The third-order valence-electron chi connectivity index (χ3n) is 5.03. The maximum Gasteiger partial charge on any atom is 0.317 e. The van der Waals surface area contributed by atoms with Crippen molar-refractivity contribution in [3.8, 4) is 0 Å². The number of nitrogens with one attached hydrogen (secondary N) is 2. The molecule has 1 atom stereocenters. The van der Waals surface area contributed by atoms with E-state index in [1.54, 1.807) is 12.0 Å². The van der Waals surface area contributed by atoms with Gasteiger partial charge in [-0.2, -0.15) is 0 Å². The van der Waals surface area contributed by atoms with E-state index in [1.807, 2.05) is 38.1 Å². The van der Waals surface area contributed by atoms with E-state index in [9.17, 15) is 9.59 Å². The van der Waals surface area contributed by atoms with Crippen LogP contribution in [0.25, 0.3) is 0 Å². The lowest BCUT2D eigenvalue weighted by Crippen LogP contribution is -2.54. The molecule has 0 aromatic heterocycles. The number of ether oxygens (including phenoxy) is 1. The van der Waals surface area contributed by atoms with Crippen molar-refractivity contribution >= 4 is 11.9 Å². The normalized spacial score (nSPS) is 19.9. The molecule has 6 heteroatoms. The summed E-state index contributed by atoms with van der Waals surface area (Å²) in [6.07, 6.45) is 2.41. The number of hydrogen-bond donors (Lipinski definition) is 2. The molecule has 1 unspecified atom stereocenters. The van der Waals surface area contributed by atoms with Gasteiger partial charge < -0.3 is 20.3 Å². The van der Waals surface area contributed by atoms with Gasteiger partial charge in [0.2, 0.25) is 5.91 Å². The maximum atomic E-state index is 12.8. The predicted octanol–water partition coefficient (Wildman–Crippen LogP) is 2.46. The minimum atomic E-state index is -0.551. The average Bonchev–Trinajstić information content (AvgIpc) is 2.64. The summed E-state index contributed by atoms with van der Waals surface area (Å²) in [5, 5.41) is 5.96. The highest BCUT2D eigenvalue weighted by Crippen LogP contribution is 2.30. The Bertz CT molecular complexity index is 620. The van der Waals surface area contributed by atoms with E-state index in [-0.39, 0.29) is 11.9 Å². The Morgan fingerprint density at radius 2 is 2.04 bits per heavy atom. The smallest absolute Gasteiger partial charge is 0.317 e. The fraction of sp³-hybridized carbons (Fsp3) is 0.600. The Morgan fingerprint density at radius 3 is 2.77 bits per heavy atom. The van der Waals surface area contributed by atoms with E-state index >= 15 is 0 Å². The topological polar surface area (TPSA) is 70.7 Å². The van der Waals surface area contributed by atoms with Gasteiger partial charge in [-0.25, -0.2) is 4.79 Å². The van der Waals surface area contributed by atoms with Gasteiger partial charge in [-0.3, -0.25) is 4.79 Å². The number of nitrogens with zero attached hydrogens (tertiary/aromatic N) is 1. The summed E-state index contributed by atoms with van der Waals surface area (Å²) < 4.78 is 4.99. The second-order valence-electron chi connectivity index (χ2n) is 7.27. The molecule has 6 nitrogen and oxygen atoms in total. The van der Waals surface area contributed by atoms with Gasteiger partial charge in [0.25, 0.3) is 0 Å². The first kappa shape index (κ1) is 20.2. The SMILES string of the molecule is COCCCNC(=O)N1CCCC(C)(C(=O)NCc2ccccc2C)C1. The zero-order valence-electron chi connectivity index (χ0n) is 16.1. The van der Waals surface area contributed by atoms with Gasteiger partial charge >= 0.3 is 6.03 Å². The quantitative estimate of drug-likeness (QED) is 0.733. The van der Waals surface area contributed by atoms with Crippen molar-refractivity contribution in [1.29, 1.82) is 0 Å². The molecule has 1 aliphatic heterocycles. The van der Waals surface area contributed by atoms with E-state index in [0.717, 1.165) is 24.8 Å². The van der Waals surface area contributed by atoms with E-state index in [1.165, 1.54) is 5.56 Å². The number of aryl methyl sites for hydroxylation is 1. The minimum Gasteiger partial charge on any atom is -0.385 e. The molecule has 1 aromatic rings. The number of methoxy groups -OCH3 is 1. The van der Waals surface area contributed by atoms with Crippen molar-refractivity contribution in [3.63, 3.8) is 0 Å². The Balaban J connectivity index is 1.87. The van der Waals surface area contributed by atoms with Crippen LogP contribution in [0.3, 0.4) is 0 Å². The summed E-state index contributed by atoms with van der Waals surface area (Å²) in [4.78, 5) is 26.9. The number of benzene rings is 1. The van der Waals surface area contributed by atoms with Crippen LogP contribution in [0.1, 0.15) is 37.3 Å². The number of likely N-dealkylation sites (tertiary alicyclic amines) is 1. The first-order valence-corrected chi connectivity index (χ1v) is 9.31. The molecular formula is C20H31N3O3. The molecular weight excluding hydrogens is 330 g/mol. The zero-order valence-corrected chi connectivity index (χ0v) is 16.1. The van der Waals surface area contributed by atoms with E-state index in [4.69, 9.17) is 4.74 Å². The number of hydrogen-bond acceptors (Lipinski definition) is 3. The van der Waals surface area contributed by atoms with Gasteiger partial charge in [0.15, 0.2) is 0 Å². The second-order valence-corrected chi connectivity index (χ2v) is 7.27. The third-order valence-corrected chi connectivity index (χ3v) is 5.03. The molecule has 3 amide bonds. The number of carbonyl (C=O) groups excluding carboxylic acids is 2. The van der Waals surface area contributed by atoms with Crippen LogP contribution >= 0.6 is 0 Å². The predicted molar refractivity (Wildman–Crippen MR) is 102 cm³/mol. The molecule has 0 bridgehead atoms. The van der Waals surface area contributed by atoms with Gasteiger partial charge in [-0.1, -0.05) is 24.3 Å². The van der Waals surface area contributed by atoms with Crippen molar-refractivity contribution in [2.45, 2.75) is 39.7 Å². The fourth-order valence-corrected chi connectivity index (χ4v) is 3.32. The van der Waals surface area contributed by atoms with Gasteiger partial charge in [0, 0.05) is 39.9 Å². The fourth-order valence-electron chi connectivity index (χ4n) is 3.32. The zero-order chi connectivity index (χ0) is 19.0. The molecule has 0 radical (unpaired) electrons. The van der Waals surface area contributed by atoms with Crippen molar-refractivity contribution in [2.24, 2.45) is 5.41 Å². The Kier molecular flexibility index (Phi) is 7.45. The van der Waals surface area contributed by atoms with Crippen LogP contribution in [0.5, 0.6) is 0 Å². The second kappa shape index (κ2) is 9.57. The molecule has 1 aliphatic rings. The van der Waals surface area contributed by atoms with Crippen LogP contribution in [0.2, 0.25) is 0 Å². The van der Waals surface area contributed by atoms with Gasteiger partial charge in [0.1, 0.15) is 0 Å². The number of rotatable bonds is 7. The van der Waals surface area contributed by atoms with Gasteiger partial charge in [-0.15, -0.1) is 0 Å². The molecule has 1 heterocycles. The molecule has 144 valence electrons. The van der Waals surface area contributed by atoms with Gasteiger partial charge in [0.05, 0.1) is 5.41 Å². The number of piperidine rings is 1. The van der Waals surface area contributed by atoms with Crippen molar-refractivity contribution in [2.75, 3.05) is 33.4 Å². The van der Waals surface area contributed by atoms with Crippen LogP contribution in [0.15, 0.2) is 24.3 Å². The molecule has 2 rings (SSSR count). The first-order chi connectivity index (χ1) is 12.5. The summed E-state index contributed by atoms with van der Waals surface area (Å²) in [5.74, 6) is 0.0117. The lowest BCUT2D eigenvalue weighted by Gasteiger charge is -2.39. The third kappa shape index (κ3) is 5.46. The summed E-state index contributed by atoms with van der Waals surface area (Å²) >= 11 is 0. The molecule has 0 spiro atoms. The highest BCUT2D eigenvalue weighted by Gasteiger charge is 2.39. The average molecular weight is 361 g/mol. The van der Waals surface area contributed by atoms with Gasteiger partial charge in [-0.05, 0) is 44.2 Å². The minimum absolute atomic E-state index is 0.0117. The number of amides is 3. The molecule has 1 fully saturated rings. The molecule has 2 N–H and O–H groups in total.